The van der Waals surface area contributed by atoms with E-state index >= 15 is 0 Å². The van der Waals surface area contributed by atoms with Gasteiger partial charge >= 0.3 is 0 Å². The van der Waals surface area contributed by atoms with Crippen molar-refractivity contribution >= 4 is 5.65 Å². The van der Waals surface area contributed by atoms with E-state index in [0.717, 1.165) is 34.7 Å². The summed E-state index contributed by atoms with van der Waals surface area (Å²) >= 11 is 0. The minimum absolute atomic E-state index is 0.596. The Kier molecular flexibility index (Phi) is 2.97. The van der Waals surface area contributed by atoms with Crippen molar-refractivity contribution in [2.75, 3.05) is 6.54 Å². The molecular weight excluding hydrogens is 238 g/mol. The van der Waals surface area contributed by atoms with Crippen LogP contribution < -0.4 is 5.73 Å². The van der Waals surface area contributed by atoms with Crippen molar-refractivity contribution in [3.05, 3.63) is 48.4 Å². The largest absolute Gasteiger partial charge is 0.330 e. The first-order valence-corrected chi connectivity index (χ1v) is 6.23. The summed E-state index contributed by atoms with van der Waals surface area (Å²) in [5, 5.41) is 0. The smallest absolute Gasteiger partial charge is 0.147 e. The first kappa shape index (κ1) is 11.8. The third-order valence-corrected chi connectivity index (χ3v) is 3.10. The van der Waals surface area contributed by atoms with Gasteiger partial charge in [-0.25, -0.2) is 9.97 Å². The van der Waals surface area contributed by atoms with Crippen molar-refractivity contribution in [1.29, 1.82) is 0 Å². The van der Waals surface area contributed by atoms with Gasteiger partial charge in [-0.15, -0.1) is 0 Å². The summed E-state index contributed by atoms with van der Waals surface area (Å²) in [5.74, 6) is 0.915. The van der Waals surface area contributed by atoms with E-state index in [-0.39, 0.29) is 0 Å². The van der Waals surface area contributed by atoms with Gasteiger partial charge in [0.1, 0.15) is 11.5 Å². The molecule has 0 aliphatic rings. The predicted octanol–water partition coefficient (Wildman–Crippen LogP) is 1.60. The van der Waals surface area contributed by atoms with Crippen molar-refractivity contribution in [3.8, 4) is 11.1 Å². The van der Waals surface area contributed by atoms with Crippen LogP contribution in [0.4, 0.5) is 0 Å². The summed E-state index contributed by atoms with van der Waals surface area (Å²) in [6.07, 6.45) is 8.20. The first-order chi connectivity index (χ1) is 9.29. The SMILES string of the molecule is Cc1ncc(-c2cccnc2)c2nc(CCN)cn12. The van der Waals surface area contributed by atoms with Crippen LogP contribution in [0.15, 0.2) is 36.9 Å². The van der Waals surface area contributed by atoms with E-state index in [9.17, 15) is 0 Å². The Balaban J connectivity index is 2.23. The lowest BCUT2D eigenvalue weighted by atomic mass is 10.1. The second kappa shape index (κ2) is 4.78. The number of imidazole rings is 1. The van der Waals surface area contributed by atoms with Crippen LogP contribution in [0.1, 0.15) is 11.5 Å². The fourth-order valence-electron chi connectivity index (χ4n) is 2.14. The third-order valence-electron chi connectivity index (χ3n) is 3.10. The maximum Gasteiger partial charge on any atom is 0.147 e. The highest BCUT2D eigenvalue weighted by Gasteiger charge is 2.10. The van der Waals surface area contributed by atoms with E-state index in [1.807, 2.05) is 42.0 Å². The van der Waals surface area contributed by atoms with Crippen LogP contribution in [0.3, 0.4) is 0 Å². The Morgan fingerprint density at radius 1 is 1.32 bits per heavy atom. The Labute approximate surface area is 111 Å². The van der Waals surface area contributed by atoms with Crippen molar-refractivity contribution < 1.29 is 0 Å². The number of rotatable bonds is 3. The highest BCUT2D eigenvalue weighted by Crippen LogP contribution is 2.23. The van der Waals surface area contributed by atoms with Crippen LogP contribution in [0, 0.1) is 6.92 Å². The summed E-state index contributed by atoms with van der Waals surface area (Å²) in [4.78, 5) is 13.2. The van der Waals surface area contributed by atoms with Crippen molar-refractivity contribution in [1.82, 2.24) is 19.4 Å². The van der Waals surface area contributed by atoms with Gasteiger partial charge in [0.05, 0.1) is 5.69 Å². The molecule has 0 bridgehead atoms. The molecule has 5 heteroatoms. The molecule has 3 aromatic rings. The Morgan fingerprint density at radius 3 is 2.95 bits per heavy atom. The molecule has 0 unspecified atom stereocenters. The number of fused-ring (bicyclic) bond motifs is 1. The van der Waals surface area contributed by atoms with Crippen molar-refractivity contribution in [2.24, 2.45) is 5.73 Å². The van der Waals surface area contributed by atoms with Gasteiger partial charge in [-0.1, -0.05) is 6.07 Å². The number of aromatic nitrogens is 4. The van der Waals surface area contributed by atoms with Crippen molar-refractivity contribution in [2.45, 2.75) is 13.3 Å². The summed E-state index contributed by atoms with van der Waals surface area (Å²) in [6, 6.07) is 3.92. The van der Waals surface area contributed by atoms with E-state index in [1.54, 1.807) is 6.20 Å². The molecule has 0 amide bonds. The zero-order valence-corrected chi connectivity index (χ0v) is 10.7. The normalized spacial score (nSPS) is 11.1. The molecule has 0 aliphatic heterocycles. The molecule has 19 heavy (non-hydrogen) atoms. The van der Waals surface area contributed by atoms with E-state index in [4.69, 9.17) is 5.73 Å². The van der Waals surface area contributed by atoms with E-state index in [0.29, 0.717) is 6.54 Å². The molecule has 0 saturated heterocycles. The lowest BCUT2D eigenvalue weighted by Crippen LogP contribution is -2.02. The maximum atomic E-state index is 5.59. The number of hydrogen-bond acceptors (Lipinski definition) is 4. The summed E-state index contributed by atoms with van der Waals surface area (Å²) < 4.78 is 2.01. The quantitative estimate of drug-likeness (QED) is 0.769. The summed E-state index contributed by atoms with van der Waals surface area (Å²) in [6.45, 7) is 2.56. The van der Waals surface area contributed by atoms with Gasteiger partial charge < -0.3 is 5.73 Å². The van der Waals surface area contributed by atoms with Crippen LogP contribution in [-0.2, 0) is 6.42 Å². The fraction of sp³-hybridized carbons (Fsp3) is 0.214. The molecule has 2 N–H and O–H groups in total. The number of nitrogens with two attached hydrogens (primary N) is 1. The summed E-state index contributed by atoms with van der Waals surface area (Å²) in [5.41, 5.74) is 9.50. The Hall–Kier alpha value is -2.27. The first-order valence-electron chi connectivity index (χ1n) is 6.23. The third kappa shape index (κ3) is 2.08. The standard InChI is InChI=1S/C14H15N5/c1-10-17-8-13(11-3-2-6-16-7-11)14-18-12(4-5-15)9-19(10)14/h2-3,6-9H,4-5,15H2,1H3. The second-order valence-corrected chi connectivity index (χ2v) is 4.43. The molecule has 0 aliphatic carbocycles. The molecule has 0 saturated carbocycles. The molecule has 0 aromatic carbocycles. The van der Waals surface area contributed by atoms with Gasteiger partial charge in [-0.2, -0.15) is 0 Å². The molecular formula is C14H15N5. The zero-order valence-electron chi connectivity index (χ0n) is 10.7. The molecule has 5 nitrogen and oxygen atoms in total. The lowest BCUT2D eigenvalue weighted by Gasteiger charge is -2.04. The molecule has 3 heterocycles. The van der Waals surface area contributed by atoms with Crippen LogP contribution >= 0.6 is 0 Å². The zero-order chi connectivity index (χ0) is 13.2. The van der Waals surface area contributed by atoms with Crippen LogP contribution in [0.2, 0.25) is 0 Å². The van der Waals surface area contributed by atoms with Gasteiger partial charge in [0, 0.05) is 42.3 Å². The van der Waals surface area contributed by atoms with Crippen LogP contribution in [0.25, 0.3) is 16.8 Å². The van der Waals surface area contributed by atoms with E-state index in [1.165, 1.54) is 0 Å². The molecule has 96 valence electrons. The van der Waals surface area contributed by atoms with Gasteiger partial charge in [0.25, 0.3) is 0 Å². The van der Waals surface area contributed by atoms with Crippen LogP contribution in [-0.4, -0.2) is 25.9 Å². The fourth-order valence-corrected chi connectivity index (χ4v) is 2.14. The number of pyridine rings is 1. The number of nitrogens with zero attached hydrogens (tertiary/aromatic N) is 4. The minimum atomic E-state index is 0.596. The van der Waals surface area contributed by atoms with Crippen molar-refractivity contribution in [3.63, 3.8) is 0 Å². The number of hydrogen-bond donors (Lipinski definition) is 1. The molecule has 3 rings (SSSR count). The molecule has 0 radical (unpaired) electrons. The van der Waals surface area contributed by atoms with Crippen LogP contribution in [0.5, 0.6) is 0 Å². The molecule has 0 atom stereocenters. The second-order valence-electron chi connectivity index (χ2n) is 4.43. The van der Waals surface area contributed by atoms with E-state index in [2.05, 4.69) is 15.0 Å². The van der Waals surface area contributed by atoms with E-state index < -0.39 is 0 Å². The Bertz CT molecular complexity index is 702. The topological polar surface area (TPSA) is 69.1 Å². The highest BCUT2D eigenvalue weighted by molar-refractivity contribution is 5.76. The summed E-state index contributed by atoms with van der Waals surface area (Å²) in [7, 11) is 0. The van der Waals surface area contributed by atoms with Gasteiger partial charge in [-0.3, -0.25) is 9.38 Å². The molecule has 3 aromatic heterocycles. The average Bonchev–Trinajstić information content (AvgIpc) is 2.85. The average molecular weight is 253 g/mol. The highest BCUT2D eigenvalue weighted by atomic mass is 15.1. The van der Waals surface area contributed by atoms with Gasteiger partial charge in [0.15, 0.2) is 0 Å². The minimum Gasteiger partial charge on any atom is -0.330 e. The molecule has 0 fully saturated rings. The monoisotopic (exact) mass is 253 g/mol. The van der Waals surface area contributed by atoms with Gasteiger partial charge in [0.2, 0.25) is 0 Å². The molecule has 0 spiro atoms. The predicted molar refractivity (Wildman–Crippen MR) is 73.7 cm³/mol. The lowest BCUT2D eigenvalue weighted by molar-refractivity contribution is 0.933. The Morgan fingerprint density at radius 2 is 2.21 bits per heavy atom. The number of aryl methyl sites for hydroxylation is 1. The maximum absolute atomic E-state index is 5.59. The van der Waals surface area contributed by atoms with Gasteiger partial charge in [-0.05, 0) is 19.5 Å².